The van der Waals surface area contributed by atoms with E-state index in [1.54, 1.807) is 18.6 Å². The highest BCUT2D eigenvalue weighted by Crippen LogP contribution is 2.30. The van der Waals surface area contributed by atoms with E-state index in [1.807, 2.05) is 37.4 Å². The molecule has 0 saturated carbocycles. The number of hydrogen-bond acceptors (Lipinski definition) is 5. The summed E-state index contributed by atoms with van der Waals surface area (Å²) in [7, 11) is 3.66. The number of likely N-dealkylation sites (N-methyl/N-ethyl adjacent to an activating group) is 1. The summed E-state index contributed by atoms with van der Waals surface area (Å²) in [5.41, 5.74) is 2.60. The van der Waals surface area contributed by atoms with Gasteiger partial charge in [-0.25, -0.2) is 0 Å². The molecule has 0 bridgehead atoms. The molecule has 1 aromatic heterocycles. The van der Waals surface area contributed by atoms with E-state index in [0.29, 0.717) is 17.9 Å². The average Bonchev–Trinajstić information content (AvgIpc) is 2.74. The molecule has 3 aromatic rings. The fraction of sp³-hybridized carbons (Fsp3) is 0.208. The largest absolute Gasteiger partial charge is 0.503 e. The first-order valence-electron chi connectivity index (χ1n) is 9.72. The van der Waals surface area contributed by atoms with E-state index in [1.165, 1.54) is 12.3 Å². The van der Waals surface area contributed by atoms with Crippen LogP contribution in [0.5, 0.6) is 11.5 Å². The number of aromatic hydroxyl groups is 1. The van der Waals surface area contributed by atoms with Crippen LogP contribution in [-0.4, -0.2) is 40.4 Å². The standard InChI is InChI=1S/C24H24N2O4/c1-15(27)21-11-22(28)23(29)14-26(21)17-8-9-24(30-3)19(10-17)20-13-25(2)12-16-6-4-5-7-18(16)20/h4-12,14-15,27,29H,13H2,1-3H3. The molecule has 4 rings (SSSR count). The maximum absolute atomic E-state index is 11.9. The number of nitrogens with zero attached hydrogens (tertiary/aromatic N) is 2. The van der Waals surface area contributed by atoms with Crippen LogP contribution in [0.15, 0.2) is 59.5 Å². The van der Waals surface area contributed by atoms with Gasteiger partial charge in [0.15, 0.2) is 5.75 Å². The van der Waals surface area contributed by atoms with Crippen molar-refractivity contribution in [1.82, 2.24) is 9.47 Å². The number of benzene rings is 2. The lowest BCUT2D eigenvalue weighted by Gasteiger charge is -2.24. The molecule has 6 heteroatoms. The monoisotopic (exact) mass is 404 g/mol. The minimum Gasteiger partial charge on any atom is -0.503 e. The van der Waals surface area contributed by atoms with Crippen LogP contribution in [0.1, 0.15) is 24.3 Å². The molecule has 0 saturated heterocycles. The minimum atomic E-state index is -0.882. The SMILES string of the molecule is COc1ccc(-n2cc(O)c(=O)cc2C(C)O)cc1C1=c2ccccc2=CN(C)C1. The maximum atomic E-state index is 11.9. The first-order chi connectivity index (χ1) is 14.4. The third-order valence-electron chi connectivity index (χ3n) is 5.33. The Morgan fingerprint density at radius 1 is 1.13 bits per heavy atom. The van der Waals surface area contributed by atoms with Crippen LogP contribution >= 0.6 is 0 Å². The second kappa shape index (κ2) is 7.72. The molecule has 2 heterocycles. The summed E-state index contributed by atoms with van der Waals surface area (Å²) in [6.45, 7) is 2.29. The number of pyridine rings is 1. The molecular formula is C24H24N2O4. The van der Waals surface area contributed by atoms with Gasteiger partial charge in [0.25, 0.3) is 0 Å². The minimum absolute atomic E-state index is 0.373. The maximum Gasteiger partial charge on any atom is 0.223 e. The van der Waals surface area contributed by atoms with Crippen molar-refractivity contribution >= 4 is 11.8 Å². The zero-order valence-electron chi connectivity index (χ0n) is 17.2. The number of aromatic nitrogens is 1. The van der Waals surface area contributed by atoms with Crippen LogP contribution in [0.2, 0.25) is 0 Å². The predicted octanol–water partition coefficient (Wildman–Crippen LogP) is 1.49. The predicted molar refractivity (Wildman–Crippen MR) is 116 cm³/mol. The van der Waals surface area contributed by atoms with E-state index >= 15 is 0 Å². The summed E-state index contributed by atoms with van der Waals surface area (Å²) in [6.07, 6.45) is 2.57. The molecule has 0 radical (unpaired) electrons. The number of ether oxygens (including phenoxy) is 1. The van der Waals surface area contributed by atoms with E-state index < -0.39 is 11.5 Å². The summed E-state index contributed by atoms with van der Waals surface area (Å²) in [5, 5.41) is 22.4. The van der Waals surface area contributed by atoms with Crippen molar-refractivity contribution in [3.05, 3.63) is 86.6 Å². The van der Waals surface area contributed by atoms with Gasteiger partial charge < -0.3 is 24.4 Å². The van der Waals surface area contributed by atoms with Gasteiger partial charge in [-0.1, -0.05) is 24.3 Å². The quantitative estimate of drug-likeness (QED) is 0.689. The van der Waals surface area contributed by atoms with Crippen molar-refractivity contribution in [2.45, 2.75) is 13.0 Å². The summed E-state index contributed by atoms with van der Waals surface area (Å²) >= 11 is 0. The zero-order chi connectivity index (χ0) is 21.4. The number of aliphatic hydroxyl groups excluding tert-OH is 1. The van der Waals surface area contributed by atoms with E-state index in [-0.39, 0.29) is 5.75 Å². The Balaban J connectivity index is 2.00. The number of aliphatic hydroxyl groups is 1. The molecule has 1 atom stereocenters. The normalized spacial score (nSPS) is 14.1. The Hall–Kier alpha value is -3.51. The molecule has 1 aliphatic rings. The third kappa shape index (κ3) is 3.46. The van der Waals surface area contributed by atoms with Crippen molar-refractivity contribution in [3.63, 3.8) is 0 Å². The molecule has 154 valence electrons. The molecule has 0 fully saturated rings. The second-order valence-corrected chi connectivity index (χ2v) is 7.49. The van der Waals surface area contributed by atoms with Gasteiger partial charge in [-0.05, 0) is 41.1 Å². The van der Waals surface area contributed by atoms with E-state index in [2.05, 4.69) is 23.2 Å². The van der Waals surface area contributed by atoms with Crippen molar-refractivity contribution in [3.8, 4) is 17.2 Å². The van der Waals surface area contributed by atoms with Gasteiger partial charge in [0.1, 0.15) is 5.75 Å². The lowest BCUT2D eigenvalue weighted by Crippen LogP contribution is -2.37. The third-order valence-corrected chi connectivity index (χ3v) is 5.33. The summed E-state index contributed by atoms with van der Waals surface area (Å²) in [4.78, 5) is 14.0. The van der Waals surface area contributed by atoms with E-state index in [9.17, 15) is 15.0 Å². The van der Waals surface area contributed by atoms with Gasteiger partial charge in [0.2, 0.25) is 5.43 Å². The summed E-state index contributed by atoms with van der Waals surface area (Å²) in [6, 6.07) is 15.1. The Labute approximate surface area is 174 Å². The fourth-order valence-electron chi connectivity index (χ4n) is 3.90. The van der Waals surface area contributed by atoms with Gasteiger partial charge in [-0.2, -0.15) is 0 Å². The first-order valence-corrected chi connectivity index (χ1v) is 9.72. The Bertz CT molecular complexity index is 1290. The Kier molecular flexibility index (Phi) is 5.10. The highest BCUT2D eigenvalue weighted by Gasteiger charge is 2.18. The van der Waals surface area contributed by atoms with Gasteiger partial charge in [-0.3, -0.25) is 4.79 Å². The summed E-state index contributed by atoms with van der Waals surface area (Å²) in [5.74, 6) is 0.351. The molecule has 1 aliphatic heterocycles. The number of rotatable bonds is 4. The van der Waals surface area contributed by atoms with Gasteiger partial charge in [-0.15, -0.1) is 0 Å². The van der Waals surface area contributed by atoms with Crippen LogP contribution in [0.4, 0.5) is 0 Å². The first kappa shape index (κ1) is 19.8. The molecule has 6 nitrogen and oxygen atoms in total. The van der Waals surface area contributed by atoms with Crippen molar-refractivity contribution < 1.29 is 14.9 Å². The van der Waals surface area contributed by atoms with Gasteiger partial charge in [0.05, 0.1) is 25.1 Å². The molecule has 2 N–H and O–H groups in total. The van der Waals surface area contributed by atoms with Crippen LogP contribution in [-0.2, 0) is 0 Å². The van der Waals surface area contributed by atoms with Gasteiger partial charge in [0, 0.05) is 37.1 Å². The molecule has 2 aromatic carbocycles. The number of hydrogen-bond donors (Lipinski definition) is 2. The van der Waals surface area contributed by atoms with Crippen LogP contribution in [0, 0.1) is 0 Å². The number of fused-ring (bicyclic) bond motifs is 1. The van der Waals surface area contributed by atoms with Crippen molar-refractivity contribution in [1.29, 1.82) is 0 Å². The second-order valence-electron chi connectivity index (χ2n) is 7.49. The van der Waals surface area contributed by atoms with Gasteiger partial charge >= 0.3 is 0 Å². The molecule has 30 heavy (non-hydrogen) atoms. The Morgan fingerprint density at radius 3 is 2.63 bits per heavy atom. The van der Waals surface area contributed by atoms with Crippen LogP contribution in [0.3, 0.4) is 0 Å². The van der Waals surface area contributed by atoms with Crippen LogP contribution in [0.25, 0.3) is 17.5 Å². The molecule has 1 unspecified atom stereocenters. The van der Waals surface area contributed by atoms with Crippen LogP contribution < -0.4 is 20.6 Å². The molecule has 0 amide bonds. The van der Waals surface area contributed by atoms with Crippen molar-refractivity contribution in [2.24, 2.45) is 0 Å². The Morgan fingerprint density at radius 2 is 1.90 bits per heavy atom. The molecule has 0 aliphatic carbocycles. The lowest BCUT2D eigenvalue weighted by atomic mass is 9.97. The number of methoxy groups -OCH3 is 1. The lowest BCUT2D eigenvalue weighted by molar-refractivity contribution is 0.191. The highest BCUT2D eigenvalue weighted by molar-refractivity contribution is 5.75. The highest BCUT2D eigenvalue weighted by atomic mass is 16.5. The molecule has 0 spiro atoms. The van der Waals surface area contributed by atoms with E-state index in [0.717, 1.165) is 27.3 Å². The van der Waals surface area contributed by atoms with E-state index in [4.69, 9.17) is 4.74 Å². The smallest absolute Gasteiger partial charge is 0.223 e. The van der Waals surface area contributed by atoms with Crippen molar-refractivity contribution in [2.75, 3.05) is 20.7 Å². The summed E-state index contributed by atoms with van der Waals surface area (Å²) < 4.78 is 7.29. The zero-order valence-corrected chi connectivity index (χ0v) is 17.2. The fourth-order valence-corrected chi connectivity index (χ4v) is 3.90. The average molecular weight is 404 g/mol. The molecular weight excluding hydrogens is 380 g/mol. The topological polar surface area (TPSA) is 74.9 Å².